The first-order valence-corrected chi connectivity index (χ1v) is 11.5. The summed E-state index contributed by atoms with van der Waals surface area (Å²) >= 11 is 0. The minimum atomic E-state index is -4.04. The van der Waals surface area contributed by atoms with E-state index in [4.69, 9.17) is 0 Å². The van der Waals surface area contributed by atoms with E-state index < -0.39 is 15.6 Å². The van der Waals surface area contributed by atoms with Gasteiger partial charge in [-0.3, -0.25) is 4.79 Å². The van der Waals surface area contributed by atoms with Crippen molar-refractivity contribution in [2.75, 3.05) is 5.32 Å². The molecule has 1 aromatic heterocycles. The van der Waals surface area contributed by atoms with Crippen molar-refractivity contribution < 1.29 is 13.5 Å². The Morgan fingerprint density at radius 1 is 1.13 bits per heavy atom. The Morgan fingerprint density at radius 3 is 2.58 bits per heavy atom. The van der Waals surface area contributed by atoms with Crippen LogP contribution in [0.15, 0.2) is 67.7 Å². The third-order valence-electron chi connectivity index (χ3n) is 5.08. The van der Waals surface area contributed by atoms with Crippen molar-refractivity contribution in [2.45, 2.75) is 38.0 Å². The van der Waals surface area contributed by atoms with E-state index in [-0.39, 0.29) is 27.7 Å². The number of pyridine rings is 1. The number of para-hydroxylation sites is 2. The normalized spacial score (nSPS) is 15.3. The third-order valence-corrected chi connectivity index (χ3v) is 6.42. The van der Waals surface area contributed by atoms with Gasteiger partial charge in [0.05, 0.1) is 11.2 Å². The van der Waals surface area contributed by atoms with E-state index in [1.54, 1.807) is 42.5 Å². The highest BCUT2D eigenvalue weighted by Crippen LogP contribution is 2.32. The number of benzene rings is 2. The Hall–Kier alpha value is -3.46. The maximum Gasteiger partial charge on any atom is 0.286 e. The Morgan fingerprint density at radius 2 is 1.84 bits per heavy atom. The fourth-order valence-corrected chi connectivity index (χ4v) is 4.70. The standard InChI is InChI=1S/C22H22N4O4S/c1-3-9-14(4-2)24-26-17-12-7-5-10-15(17)20(27)19(22(26)28)21-23-16-11-6-8-13-18(16)31(29,30)25-21/h5-8,10-13,27H,3-4,9H2,1-2H3,(H,23,25)/b24-14+. The van der Waals surface area contributed by atoms with Crippen LogP contribution in [0.2, 0.25) is 0 Å². The summed E-state index contributed by atoms with van der Waals surface area (Å²) in [4.78, 5) is 13.5. The van der Waals surface area contributed by atoms with Crippen LogP contribution in [0.4, 0.5) is 5.69 Å². The van der Waals surface area contributed by atoms with Crippen LogP contribution in [-0.2, 0) is 10.0 Å². The van der Waals surface area contributed by atoms with Crippen molar-refractivity contribution in [1.82, 2.24) is 4.68 Å². The average Bonchev–Trinajstić information content (AvgIpc) is 2.75. The highest BCUT2D eigenvalue weighted by atomic mass is 32.2. The number of aromatic hydroxyl groups is 1. The zero-order valence-corrected chi connectivity index (χ0v) is 18.0. The molecule has 160 valence electrons. The Balaban J connectivity index is 2.03. The molecule has 0 amide bonds. The highest BCUT2D eigenvalue weighted by molar-refractivity contribution is 7.90. The van der Waals surface area contributed by atoms with Gasteiger partial charge in [0, 0.05) is 11.1 Å². The second-order valence-corrected chi connectivity index (χ2v) is 8.74. The van der Waals surface area contributed by atoms with E-state index in [0.717, 1.165) is 12.1 Å². The molecule has 2 N–H and O–H groups in total. The van der Waals surface area contributed by atoms with Crippen LogP contribution in [0.1, 0.15) is 38.7 Å². The molecule has 2 aromatic carbocycles. The average molecular weight is 439 g/mol. The van der Waals surface area contributed by atoms with Crippen LogP contribution < -0.4 is 10.9 Å². The van der Waals surface area contributed by atoms with Gasteiger partial charge in [0.25, 0.3) is 15.6 Å². The molecule has 8 nitrogen and oxygen atoms in total. The molecule has 0 fully saturated rings. The van der Waals surface area contributed by atoms with Gasteiger partial charge in [-0.05, 0) is 37.1 Å². The third kappa shape index (κ3) is 3.61. The van der Waals surface area contributed by atoms with Gasteiger partial charge in [0.1, 0.15) is 16.2 Å². The molecular formula is C22H22N4O4S. The lowest BCUT2D eigenvalue weighted by Crippen LogP contribution is -2.32. The predicted molar refractivity (Wildman–Crippen MR) is 122 cm³/mol. The molecule has 2 heterocycles. The van der Waals surface area contributed by atoms with Crippen LogP contribution in [0.5, 0.6) is 5.75 Å². The summed E-state index contributed by atoms with van der Waals surface area (Å²) in [6.07, 6.45) is 2.24. The quantitative estimate of drug-likeness (QED) is 0.590. The van der Waals surface area contributed by atoms with Crippen LogP contribution in [-0.4, -0.2) is 29.7 Å². The van der Waals surface area contributed by atoms with Gasteiger partial charge in [-0.25, -0.2) is 0 Å². The number of rotatable bonds is 5. The minimum absolute atomic E-state index is 0.00795. The molecule has 4 rings (SSSR count). The molecule has 0 saturated carbocycles. The van der Waals surface area contributed by atoms with E-state index in [1.807, 2.05) is 13.8 Å². The summed E-state index contributed by atoms with van der Waals surface area (Å²) in [5, 5.41) is 18.7. The predicted octanol–water partition coefficient (Wildman–Crippen LogP) is 3.68. The molecule has 0 unspecified atom stereocenters. The molecule has 0 atom stereocenters. The van der Waals surface area contributed by atoms with E-state index in [9.17, 15) is 18.3 Å². The van der Waals surface area contributed by atoms with Crippen molar-refractivity contribution in [3.8, 4) is 5.75 Å². The van der Waals surface area contributed by atoms with Gasteiger partial charge < -0.3 is 10.4 Å². The molecule has 0 aliphatic carbocycles. The molecule has 0 bridgehead atoms. The van der Waals surface area contributed by atoms with Crippen molar-refractivity contribution in [3.63, 3.8) is 0 Å². The summed E-state index contributed by atoms with van der Waals surface area (Å²) in [5.74, 6) is -0.578. The van der Waals surface area contributed by atoms with Crippen molar-refractivity contribution in [3.05, 3.63) is 64.4 Å². The summed E-state index contributed by atoms with van der Waals surface area (Å²) in [5.41, 5.74) is 0.639. The maximum absolute atomic E-state index is 13.5. The van der Waals surface area contributed by atoms with Gasteiger partial charge in [-0.1, -0.05) is 44.5 Å². The first kappa shape index (κ1) is 20.8. The topological polar surface area (TPSA) is 113 Å². The van der Waals surface area contributed by atoms with Crippen LogP contribution in [0, 0.1) is 0 Å². The lowest BCUT2D eigenvalue weighted by Gasteiger charge is -2.19. The molecule has 9 heteroatoms. The van der Waals surface area contributed by atoms with Crippen LogP contribution in [0.25, 0.3) is 10.9 Å². The minimum Gasteiger partial charge on any atom is -0.506 e. The van der Waals surface area contributed by atoms with Gasteiger partial charge >= 0.3 is 0 Å². The smallest absolute Gasteiger partial charge is 0.286 e. The molecule has 31 heavy (non-hydrogen) atoms. The van der Waals surface area contributed by atoms with Crippen LogP contribution >= 0.6 is 0 Å². The summed E-state index contributed by atoms with van der Waals surface area (Å²) in [6, 6.07) is 13.1. The first-order valence-electron chi connectivity index (χ1n) is 10.0. The summed E-state index contributed by atoms with van der Waals surface area (Å²) in [7, 11) is -4.04. The van der Waals surface area contributed by atoms with E-state index in [1.165, 1.54) is 10.7 Å². The van der Waals surface area contributed by atoms with Gasteiger partial charge in [0.15, 0.2) is 5.84 Å². The molecule has 1 aliphatic heterocycles. The Kier molecular flexibility index (Phi) is 5.36. The fraction of sp³-hybridized carbons (Fsp3) is 0.227. The number of aromatic nitrogens is 1. The maximum atomic E-state index is 13.5. The SMILES string of the molecule is CCC/C(CC)=N/n1c(=O)c(C2=NS(=O)(=O)c3ccccc3N2)c(O)c2ccccc21. The molecule has 0 radical (unpaired) electrons. The lowest BCUT2D eigenvalue weighted by atomic mass is 10.1. The second kappa shape index (κ2) is 7.99. The number of amidine groups is 1. The zero-order chi connectivity index (χ0) is 22.2. The zero-order valence-electron chi connectivity index (χ0n) is 17.2. The van der Waals surface area contributed by atoms with Crippen LogP contribution in [0.3, 0.4) is 0 Å². The van der Waals surface area contributed by atoms with Crippen molar-refractivity contribution >= 4 is 38.2 Å². The Labute approximate surface area is 179 Å². The van der Waals surface area contributed by atoms with Crippen molar-refractivity contribution in [2.24, 2.45) is 9.50 Å². The number of hydrogen-bond acceptors (Lipinski definition) is 6. The number of nitrogens with one attached hydrogen (secondary N) is 1. The number of fused-ring (bicyclic) bond motifs is 2. The number of sulfonamides is 1. The molecule has 0 saturated heterocycles. The number of hydrogen-bond donors (Lipinski definition) is 2. The van der Waals surface area contributed by atoms with E-state index in [0.29, 0.717) is 23.7 Å². The lowest BCUT2D eigenvalue weighted by molar-refractivity contribution is 0.478. The molecule has 1 aliphatic rings. The highest BCUT2D eigenvalue weighted by Gasteiger charge is 2.29. The molecule has 3 aromatic rings. The van der Waals surface area contributed by atoms with Gasteiger partial charge in [-0.15, -0.1) is 4.40 Å². The first-order chi connectivity index (χ1) is 14.9. The monoisotopic (exact) mass is 438 g/mol. The van der Waals surface area contributed by atoms with Gasteiger partial charge in [-0.2, -0.15) is 18.2 Å². The fourth-order valence-electron chi connectivity index (χ4n) is 3.57. The number of nitrogens with zero attached hydrogens (tertiary/aromatic N) is 3. The molecule has 0 spiro atoms. The number of anilines is 1. The van der Waals surface area contributed by atoms with E-state index >= 15 is 0 Å². The summed E-state index contributed by atoms with van der Waals surface area (Å²) in [6.45, 7) is 3.98. The molecular weight excluding hydrogens is 416 g/mol. The largest absolute Gasteiger partial charge is 0.506 e. The van der Waals surface area contributed by atoms with Gasteiger partial charge in [0.2, 0.25) is 0 Å². The Bertz CT molecular complexity index is 1400. The van der Waals surface area contributed by atoms with Crippen molar-refractivity contribution in [1.29, 1.82) is 0 Å². The summed E-state index contributed by atoms with van der Waals surface area (Å²) < 4.78 is 30.4. The second-order valence-electron chi connectivity index (χ2n) is 7.16. The van der Waals surface area contributed by atoms with E-state index in [2.05, 4.69) is 14.8 Å².